The van der Waals surface area contributed by atoms with E-state index >= 15 is 0 Å². The van der Waals surface area contributed by atoms with Gasteiger partial charge in [0, 0.05) is 6.54 Å². The second-order valence-electron chi connectivity index (χ2n) is 5.22. The van der Waals surface area contributed by atoms with Crippen molar-refractivity contribution in [2.45, 2.75) is 45.3 Å². The summed E-state index contributed by atoms with van der Waals surface area (Å²) >= 11 is 0. The molecule has 0 aromatic rings. The number of aliphatic hydroxyl groups is 1. The van der Waals surface area contributed by atoms with Crippen LogP contribution >= 0.6 is 0 Å². The van der Waals surface area contributed by atoms with E-state index in [0.717, 1.165) is 4.90 Å². The number of carboxylic acid groups (broad SMARTS) is 1. The molecule has 1 aliphatic heterocycles. The molecule has 1 rings (SSSR count). The average Bonchev–Trinajstić information content (AvgIpc) is 2.06. The molecule has 2 N–H and O–H groups in total. The maximum Gasteiger partial charge on any atom is 0.407 e. The number of aliphatic hydroxyl groups excluding tert-OH is 1. The fourth-order valence-corrected chi connectivity index (χ4v) is 2.22. The Morgan fingerprint density at radius 2 is 1.94 bits per heavy atom. The van der Waals surface area contributed by atoms with Crippen molar-refractivity contribution in [1.29, 1.82) is 0 Å². The topological polar surface area (TPSA) is 60.8 Å². The molecule has 16 heavy (non-hydrogen) atoms. The Kier molecular flexibility index (Phi) is 3.15. The lowest BCUT2D eigenvalue weighted by molar-refractivity contribution is -0.200. The Hall–Kier alpha value is -0.910. The molecule has 1 saturated heterocycles. The van der Waals surface area contributed by atoms with Gasteiger partial charge in [-0.25, -0.2) is 13.6 Å². The van der Waals surface area contributed by atoms with Crippen LogP contribution in [0.15, 0.2) is 0 Å². The highest BCUT2D eigenvalue weighted by atomic mass is 19.3. The predicted molar refractivity (Wildman–Crippen MR) is 53.5 cm³/mol. The molecule has 0 aromatic heterocycles. The molecule has 2 unspecified atom stereocenters. The van der Waals surface area contributed by atoms with Crippen LogP contribution in [-0.2, 0) is 0 Å². The second kappa shape index (κ2) is 3.84. The number of halogens is 2. The van der Waals surface area contributed by atoms with Crippen LogP contribution in [0, 0.1) is 5.41 Å². The van der Waals surface area contributed by atoms with Crippen molar-refractivity contribution in [3.8, 4) is 0 Å². The molecule has 6 heteroatoms. The van der Waals surface area contributed by atoms with E-state index in [1.54, 1.807) is 20.8 Å². The number of amides is 1. The zero-order valence-electron chi connectivity index (χ0n) is 9.57. The van der Waals surface area contributed by atoms with Crippen molar-refractivity contribution in [3.05, 3.63) is 0 Å². The van der Waals surface area contributed by atoms with E-state index in [1.165, 1.54) is 0 Å². The molecule has 1 fully saturated rings. The number of piperidine rings is 1. The fourth-order valence-electron chi connectivity index (χ4n) is 2.22. The second-order valence-corrected chi connectivity index (χ2v) is 5.22. The van der Waals surface area contributed by atoms with Crippen molar-refractivity contribution in [2.75, 3.05) is 6.54 Å². The first-order valence-corrected chi connectivity index (χ1v) is 5.14. The molecule has 2 atom stereocenters. The standard InChI is InChI=1S/C10H17F2NO3/c1-9(2,3)7-10(11,12)6(14)4-5-13(7)8(15)16/h6-7,14H,4-5H2,1-3H3,(H,15,16). The molecule has 1 heterocycles. The smallest absolute Gasteiger partial charge is 0.407 e. The molecule has 0 saturated carbocycles. The van der Waals surface area contributed by atoms with Crippen LogP contribution in [-0.4, -0.2) is 45.8 Å². The molecule has 1 aliphatic rings. The number of hydrogen-bond donors (Lipinski definition) is 2. The molecular weight excluding hydrogens is 220 g/mol. The van der Waals surface area contributed by atoms with Gasteiger partial charge in [0.05, 0.1) is 0 Å². The average molecular weight is 237 g/mol. The minimum absolute atomic E-state index is 0.0615. The Morgan fingerprint density at radius 1 is 1.44 bits per heavy atom. The van der Waals surface area contributed by atoms with E-state index in [-0.39, 0.29) is 13.0 Å². The third-order valence-electron chi connectivity index (χ3n) is 2.83. The molecule has 1 amide bonds. The number of rotatable bonds is 0. The van der Waals surface area contributed by atoms with Crippen molar-refractivity contribution < 1.29 is 23.8 Å². The van der Waals surface area contributed by atoms with Crippen LogP contribution in [0.1, 0.15) is 27.2 Å². The lowest BCUT2D eigenvalue weighted by Crippen LogP contribution is -2.65. The maximum atomic E-state index is 13.8. The molecule has 0 aliphatic carbocycles. The normalized spacial score (nSPS) is 30.2. The Bertz CT molecular complexity index is 288. The van der Waals surface area contributed by atoms with Gasteiger partial charge in [-0.2, -0.15) is 0 Å². The Morgan fingerprint density at radius 3 is 2.31 bits per heavy atom. The van der Waals surface area contributed by atoms with Gasteiger partial charge in [-0.3, -0.25) is 4.90 Å². The first-order chi connectivity index (χ1) is 7.08. The third-order valence-corrected chi connectivity index (χ3v) is 2.83. The lowest BCUT2D eigenvalue weighted by Gasteiger charge is -2.48. The molecular formula is C10H17F2NO3. The number of carbonyl (C=O) groups is 1. The van der Waals surface area contributed by atoms with E-state index in [9.17, 15) is 18.7 Å². The third kappa shape index (κ3) is 2.11. The van der Waals surface area contributed by atoms with Crippen LogP contribution in [0.25, 0.3) is 0 Å². The van der Waals surface area contributed by atoms with Crippen molar-refractivity contribution in [2.24, 2.45) is 5.41 Å². The van der Waals surface area contributed by atoms with Gasteiger partial charge in [-0.15, -0.1) is 0 Å². The van der Waals surface area contributed by atoms with Crippen LogP contribution in [0.5, 0.6) is 0 Å². The van der Waals surface area contributed by atoms with E-state index in [0.29, 0.717) is 0 Å². The van der Waals surface area contributed by atoms with Crippen LogP contribution in [0.4, 0.5) is 13.6 Å². The first-order valence-electron chi connectivity index (χ1n) is 5.14. The molecule has 0 bridgehead atoms. The largest absolute Gasteiger partial charge is 0.465 e. The molecule has 0 aromatic carbocycles. The summed E-state index contributed by atoms with van der Waals surface area (Å²) in [4.78, 5) is 11.6. The zero-order valence-corrected chi connectivity index (χ0v) is 9.57. The van der Waals surface area contributed by atoms with Crippen molar-refractivity contribution in [3.63, 3.8) is 0 Å². The maximum absolute atomic E-state index is 13.8. The molecule has 94 valence electrons. The van der Waals surface area contributed by atoms with Gasteiger partial charge < -0.3 is 10.2 Å². The minimum atomic E-state index is -3.41. The Labute approximate surface area is 92.9 Å². The van der Waals surface area contributed by atoms with E-state index < -0.39 is 29.6 Å². The Balaban J connectivity index is 3.12. The fraction of sp³-hybridized carbons (Fsp3) is 0.900. The highest BCUT2D eigenvalue weighted by molar-refractivity contribution is 5.66. The summed E-state index contributed by atoms with van der Waals surface area (Å²) in [5.74, 6) is -3.41. The van der Waals surface area contributed by atoms with E-state index in [2.05, 4.69) is 0 Å². The minimum Gasteiger partial charge on any atom is -0.465 e. The van der Waals surface area contributed by atoms with Gasteiger partial charge in [0.15, 0.2) is 0 Å². The number of nitrogens with zero attached hydrogens (tertiary/aromatic N) is 1. The predicted octanol–water partition coefficient (Wildman–Crippen LogP) is 1.78. The quantitative estimate of drug-likeness (QED) is 0.675. The van der Waals surface area contributed by atoms with Crippen LogP contribution < -0.4 is 0 Å². The summed E-state index contributed by atoms with van der Waals surface area (Å²) in [6, 6.07) is -1.50. The van der Waals surface area contributed by atoms with Crippen molar-refractivity contribution in [1.82, 2.24) is 4.90 Å². The van der Waals surface area contributed by atoms with Gasteiger partial charge in [0.1, 0.15) is 12.1 Å². The summed E-state index contributed by atoms with van der Waals surface area (Å²) in [6.45, 7) is 4.56. The van der Waals surface area contributed by atoms with Gasteiger partial charge in [0.2, 0.25) is 0 Å². The molecule has 0 radical (unpaired) electrons. The zero-order chi connectivity index (χ0) is 12.7. The van der Waals surface area contributed by atoms with Gasteiger partial charge in [0.25, 0.3) is 5.92 Å². The summed E-state index contributed by atoms with van der Waals surface area (Å²) in [5.41, 5.74) is -0.927. The van der Waals surface area contributed by atoms with E-state index in [4.69, 9.17) is 5.11 Å². The summed E-state index contributed by atoms with van der Waals surface area (Å²) < 4.78 is 27.6. The summed E-state index contributed by atoms with van der Waals surface area (Å²) in [7, 11) is 0. The van der Waals surface area contributed by atoms with Gasteiger partial charge in [-0.1, -0.05) is 20.8 Å². The first kappa shape index (κ1) is 13.2. The number of alkyl halides is 2. The number of likely N-dealkylation sites (tertiary alicyclic amines) is 1. The number of hydrogen-bond acceptors (Lipinski definition) is 2. The van der Waals surface area contributed by atoms with Crippen LogP contribution in [0.3, 0.4) is 0 Å². The SMILES string of the molecule is CC(C)(C)C1N(C(=O)O)CCC(O)C1(F)F. The summed E-state index contributed by atoms with van der Waals surface area (Å²) in [5, 5.41) is 18.2. The lowest BCUT2D eigenvalue weighted by atomic mass is 9.77. The van der Waals surface area contributed by atoms with Crippen molar-refractivity contribution >= 4 is 6.09 Å². The molecule has 4 nitrogen and oxygen atoms in total. The highest BCUT2D eigenvalue weighted by Gasteiger charge is 2.58. The monoisotopic (exact) mass is 237 g/mol. The highest BCUT2D eigenvalue weighted by Crippen LogP contribution is 2.42. The summed E-state index contributed by atoms with van der Waals surface area (Å²) in [6.07, 6.45) is -3.37. The van der Waals surface area contributed by atoms with Gasteiger partial charge >= 0.3 is 6.09 Å². The van der Waals surface area contributed by atoms with Gasteiger partial charge in [-0.05, 0) is 11.8 Å². The van der Waals surface area contributed by atoms with E-state index in [1.807, 2.05) is 0 Å². The molecule has 0 spiro atoms. The van der Waals surface area contributed by atoms with Crippen LogP contribution in [0.2, 0.25) is 0 Å².